The van der Waals surface area contributed by atoms with Gasteiger partial charge in [0.25, 0.3) is 11.8 Å². The van der Waals surface area contributed by atoms with Crippen LogP contribution in [0.25, 0.3) is 11.5 Å². The molecule has 2 fully saturated rings. The van der Waals surface area contributed by atoms with E-state index >= 15 is 4.39 Å². The molecule has 34 heavy (non-hydrogen) atoms. The summed E-state index contributed by atoms with van der Waals surface area (Å²) in [6.45, 7) is -0.557. The number of carbonyl (C=O) groups is 2. The summed E-state index contributed by atoms with van der Waals surface area (Å²) in [5, 5.41) is 6.86. The number of rotatable bonds is 7. The van der Waals surface area contributed by atoms with Gasteiger partial charge in [0.05, 0.1) is 30.9 Å². The topological polar surface area (TPSA) is 92.4 Å². The van der Waals surface area contributed by atoms with Gasteiger partial charge in [0.15, 0.2) is 0 Å². The minimum Gasteiger partial charge on any atom is -0.415 e. The maximum Gasteiger partial charge on any atom is 0.314 e. The number of alkyl halides is 3. The molecule has 1 aliphatic carbocycles. The fourth-order valence-electron chi connectivity index (χ4n) is 3.81. The highest BCUT2D eigenvalue weighted by Crippen LogP contribution is 2.37. The highest BCUT2D eigenvalue weighted by Gasteiger charge is 2.55. The number of amides is 2. The Morgan fingerprint density at radius 3 is 2.44 bits per heavy atom. The minimum atomic E-state index is -2.88. The molecule has 0 unspecified atom stereocenters. The maximum atomic E-state index is 15.5. The van der Waals surface area contributed by atoms with Crippen LogP contribution < -0.4 is 4.90 Å². The number of hydrogen-bond donors (Lipinski definition) is 0. The molecule has 2 amide bonds. The summed E-state index contributed by atoms with van der Waals surface area (Å²) in [6, 6.07) is 11.7. The van der Waals surface area contributed by atoms with Gasteiger partial charge in [-0.1, -0.05) is 18.2 Å². The van der Waals surface area contributed by atoms with Gasteiger partial charge in [-0.05, 0) is 37.1 Å². The molecule has 176 valence electrons. The van der Waals surface area contributed by atoms with Crippen molar-refractivity contribution in [3.05, 3.63) is 60.2 Å². The second-order valence-electron chi connectivity index (χ2n) is 8.45. The normalized spacial score (nSPS) is 16.9. The molecule has 0 atom stereocenters. The van der Waals surface area contributed by atoms with E-state index in [-0.39, 0.29) is 37.4 Å². The second-order valence-corrected chi connectivity index (χ2v) is 8.45. The molecule has 0 radical (unpaired) electrons. The molecular formula is C23H20F3N5O3. The Morgan fingerprint density at radius 1 is 1.12 bits per heavy atom. The average molecular weight is 471 g/mol. The first-order valence-corrected chi connectivity index (χ1v) is 10.8. The first kappa shape index (κ1) is 22.1. The van der Waals surface area contributed by atoms with Crippen molar-refractivity contribution in [2.75, 3.05) is 18.0 Å². The lowest BCUT2D eigenvalue weighted by atomic mass is 9.93. The Bertz CT molecular complexity index is 1190. The lowest BCUT2D eigenvalue weighted by molar-refractivity contribution is -0.155. The molecule has 11 heteroatoms. The third-order valence-electron chi connectivity index (χ3n) is 5.84. The number of aromatic nitrogens is 3. The number of anilines is 1. The second kappa shape index (κ2) is 8.54. The van der Waals surface area contributed by atoms with Crippen molar-refractivity contribution in [1.82, 2.24) is 20.1 Å². The summed E-state index contributed by atoms with van der Waals surface area (Å²) in [5.74, 6) is -1.78. The van der Waals surface area contributed by atoms with E-state index in [9.17, 15) is 18.4 Å². The highest BCUT2D eigenvalue weighted by atomic mass is 19.3. The third-order valence-corrected chi connectivity index (χ3v) is 5.84. The van der Waals surface area contributed by atoms with E-state index in [1.165, 1.54) is 16.0 Å². The van der Waals surface area contributed by atoms with E-state index in [2.05, 4.69) is 15.2 Å². The summed E-state index contributed by atoms with van der Waals surface area (Å²) in [7, 11) is 0. The van der Waals surface area contributed by atoms with Crippen molar-refractivity contribution in [3.63, 3.8) is 0 Å². The van der Waals surface area contributed by atoms with Crippen LogP contribution >= 0.6 is 0 Å². The van der Waals surface area contributed by atoms with Crippen LogP contribution in [-0.4, -0.2) is 50.7 Å². The van der Waals surface area contributed by atoms with E-state index in [1.807, 2.05) is 0 Å². The van der Waals surface area contributed by atoms with Gasteiger partial charge in [0.2, 0.25) is 17.5 Å². The Kier molecular flexibility index (Phi) is 5.54. The third kappa shape index (κ3) is 4.25. The zero-order chi connectivity index (χ0) is 23.9. The monoisotopic (exact) mass is 471 g/mol. The largest absolute Gasteiger partial charge is 0.415 e. The maximum absolute atomic E-state index is 15.5. The molecule has 5 rings (SSSR count). The van der Waals surface area contributed by atoms with Gasteiger partial charge < -0.3 is 14.2 Å². The first-order valence-electron chi connectivity index (χ1n) is 10.8. The van der Waals surface area contributed by atoms with Gasteiger partial charge in [0.1, 0.15) is 0 Å². The molecular weight excluding hydrogens is 451 g/mol. The molecule has 1 saturated carbocycles. The zero-order valence-corrected chi connectivity index (χ0v) is 17.9. The number of para-hydroxylation sites is 1. The first-order chi connectivity index (χ1) is 16.3. The minimum absolute atomic E-state index is 0.0303. The van der Waals surface area contributed by atoms with E-state index in [0.717, 1.165) is 12.8 Å². The number of halogens is 3. The van der Waals surface area contributed by atoms with Crippen LogP contribution in [0, 0.1) is 5.92 Å². The predicted octanol–water partition coefficient (Wildman–Crippen LogP) is 3.56. The molecule has 0 spiro atoms. The molecule has 2 aliphatic rings. The molecule has 3 heterocycles. The molecule has 0 bridgehead atoms. The molecule has 2 aromatic heterocycles. The summed E-state index contributed by atoms with van der Waals surface area (Å²) in [4.78, 5) is 32.4. The Balaban J connectivity index is 1.33. The smallest absolute Gasteiger partial charge is 0.314 e. The van der Waals surface area contributed by atoms with Gasteiger partial charge >= 0.3 is 6.43 Å². The van der Waals surface area contributed by atoms with Gasteiger partial charge in [-0.15, -0.1) is 10.2 Å². The fourth-order valence-corrected chi connectivity index (χ4v) is 3.81. The zero-order valence-electron chi connectivity index (χ0n) is 17.9. The molecule has 3 aromatic rings. The summed E-state index contributed by atoms with van der Waals surface area (Å²) < 4.78 is 45.8. The van der Waals surface area contributed by atoms with Crippen LogP contribution in [0.15, 0.2) is 53.1 Å². The Labute approximate surface area is 192 Å². The van der Waals surface area contributed by atoms with Crippen LogP contribution in [0.2, 0.25) is 0 Å². The number of carbonyl (C=O) groups excluding carboxylic acids is 2. The van der Waals surface area contributed by atoms with Crippen molar-refractivity contribution < 1.29 is 27.2 Å². The van der Waals surface area contributed by atoms with Crippen LogP contribution in [0.5, 0.6) is 0 Å². The van der Waals surface area contributed by atoms with E-state index in [4.69, 9.17) is 4.42 Å². The summed E-state index contributed by atoms with van der Waals surface area (Å²) >= 11 is 0. The van der Waals surface area contributed by atoms with Gasteiger partial charge in [-0.2, -0.15) is 8.78 Å². The van der Waals surface area contributed by atoms with Gasteiger partial charge in [0, 0.05) is 17.8 Å². The van der Waals surface area contributed by atoms with Crippen LogP contribution in [0.1, 0.15) is 30.9 Å². The molecule has 8 nitrogen and oxygen atoms in total. The standard InChI is InChI=1S/C23H20F3N5O3/c24-18(25)20-29-28-19(34-20)15-8-9-16(27-10-15)11-31(17-4-2-1-3-5-17)22(33)23(26)12-30(13-23)21(32)14-6-7-14/h1-5,8-10,14,18H,6-7,11-13H2. The quantitative estimate of drug-likeness (QED) is 0.523. The molecule has 0 N–H and O–H groups in total. The lowest BCUT2D eigenvalue weighted by Crippen LogP contribution is -2.68. The summed E-state index contributed by atoms with van der Waals surface area (Å²) in [6.07, 6.45) is 0.103. The Hall–Kier alpha value is -3.76. The Morgan fingerprint density at radius 2 is 1.85 bits per heavy atom. The fraction of sp³-hybridized carbons (Fsp3) is 0.348. The number of hydrogen-bond acceptors (Lipinski definition) is 6. The number of likely N-dealkylation sites (tertiary alicyclic amines) is 1. The number of benzene rings is 1. The van der Waals surface area contributed by atoms with Crippen molar-refractivity contribution in [1.29, 1.82) is 0 Å². The highest BCUT2D eigenvalue weighted by molar-refractivity contribution is 6.01. The van der Waals surface area contributed by atoms with Crippen molar-refractivity contribution in [3.8, 4) is 11.5 Å². The SMILES string of the molecule is O=C(C1CC1)N1CC(F)(C(=O)N(Cc2ccc(-c3nnc(C(F)F)o3)cn2)c2ccccc2)C1. The summed E-state index contributed by atoms with van der Waals surface area (Å²) in [5.41, 5.74) is -0.921. The van der Waals surface area contributed by atoms with Crippen molar-refractivity contribution in [2.24, 2.45) is 5.92 Å². The van der Waals surface area contributed by atoms with Crippen molar-refractivity contribution >= 4 is 17.5 Å². The van der Waals surface area contributed by atoms with E-state index in [0.29, 0.717) is 16.9 Å². The van der Waals surface area contributed by atoms with E-state index < -0.39 is 23.9 Å². The van der Waals surface area contributed by atoms with Gasteiger partial charge in [-0.3, -0.25) is 14.6 Å². The van der Waals surface area contributed by atoms with Crippen molar-refractivity contribution in [2.45, 2.75) is 31.5 Å². The molecule has 1 aliphatic heterocycles. The van der Waals surface area contributed by atoms with Gasteiger partial charge in [-0.25, -0.2) is 4.39 Å². The molecule has 1 saturated heterocycles. The number of nitrogens with zero attached hydrogens (tertiary/aromatic N) is 5. The predicted molar refractivity (Wildman–Crippen MR) is 113 cm³/mol. The lowest BCUT2D eigenvalue weighted by Gasteiger charge is -2.45. The van der Waals surface area contributed by atoms with Crippen LogP contribution in [0.3, 0.4) is 0 Å². The molecule has 1 aromatic carbocycles. The average Bonchev–Trinajstić information content (AvgIpc) is 3.56. The van der Waals surface area contributed by atoms with Crippen LogP contribution in [0.4, 0.5) is 18.9 Å². The number of pyridine rings is 1. The van der Waals surface area contributed by atoms with Crippen LogP contribution in [-0.2, 0) is 16.1 Å². The van der Waals surface area contributed by atoms with E-state index in [1.54, 1.807) is 42.5 Å².